The molecule has 1 fully saturated rings. The summed E-state index contributed by atoms with van der Waals surface area (Å²) in [7, 11) is 3.89. The zero-order chi connectivity index (χ0) is 19.0. The molecule has 1 aliphatic rings. The Morgan fingerprint density at radius 3 is 2.74 bits per heavy atom. The number of rotatable bonds is 4. The third-order valence-electron chi connectivity index (χ3n) is 5.02. The molecule has 0 spiro atoms. The fourth-order valence-electron chi connectivity index (χ4n) is 3.70. The zero-order valence-corrected chi connectivity index (χ0v) is 16.1. The number of anilines is 2. The predicted octanol–water partition coefficient (Wildman–Crippen LogP) is 1.86. The summed E-state index contributed by atoms with van der Waals surface area (Å²) in [5.74, 6) is 1.76. The molecule has 1 saturated heterocycles. The van der Waals surface area contributed by atoms with Crippen LogP contribution in [0.25, 0.3) is 5.65 Å². The first-order valence-electron chi connectivity index (χ1n) is 9.33. The number of likely N-dealkylation sites (tertiary alicyclic amines) is 1. The maximum absolute atomic E-state index is 6.20. The van der Waals surface area contributed by atoms with Crippen LogP contribution in [0.3, 0.4) is 0 Å². The fraction of sp³-hybridized carbons (Fsp3) is 0.474. The quantitative estimate of drug-likeness (QED) is 0.754. The number of fused-ring (bicyclic) bond motifs is 1. The minimum absolute atomic E-state index is 0.378. The summed E-state index contributed by atoms with van der Waals surface area (Å²) in [5, 5.41) is 4.39. The highest BCUT2D eigenvalue weighted by atomic mass is 15.3. The summed E-state index contributed by atoms with van der Waals surface area (Å²) in [4.78, 5) is 18.0. The zero-order valence-electron chi connectivity index (χ0n) is 16.1. The van der Waals surface area contributed by atoms with Crippen molar-refractivity contribution in [3.63, 3.8) is 0 Å². The van der Waals surface area contributed by atoms with Gasteiger partial charge in [-0.15, -0.1) is 0 Å². The van der Waals surface area contributed by atoms with Crippen molar-refractivity contribution >= 4 is 17.4 Å². The molecular formula is C19H26N8. The molecule has 0 saturated carbocycles. The summed E-state index contributed by atoms with van der Waals surface area (Å²) < 4.78 is 1.71. The lowest BCUT2D eigenvalue weighted by molar-refractivity contribution is 0.198. The number of nitrogen functional groups attached to an aromatic ring is 1. The van der Waals surface area contributed by atoms with Gasteiger partial charge in [0.05, 0.1) is 11.4 Å². The first-order chi connectivity index (χ1) is 13.0. The van der Waals surface area contributed by atoms with E-state index in [1.54, 1.807) is 4.52 Å². The average Bonchev–Trinajstić information content (AvgIpc) is 3.03. The molecule has 0 amide bonds. The molecule has 142 valence electrons. The van der Waals surface area contributed by atoms with Gasteiger partial charge >= 0.3 is 0 Å². The van der Waals surface area contributed by atoms with Gasteiger partial charge in [-0.05, 0) is 26.3 Å². The molecule has 1 aliphatic heterocycles. The Bertz CT molecular complexity index is 931. The second-order valence-corrected chi connectivity index (χ2v) is 7.52. The van der Waals surface area contributed by atoms with Crippen molar-refractivity contribution in [3.8, 4) is 0 Å². The Hall–Kier alpha value is -2.74. The molecule has 3 aromatic heterocycles. The van der Waals surface area contributed by atoms with Crippen LogP contribution in [0.15, 0.2) is 24.5 Å². The van der Waals surface area contributed by atoms with E-state index in [4.69, 9.17) is 10.7 Å². The van der Waals surface area contributed by atoms with Crippen LogP contribution in [0.1, 0.15) is 35.7 Å². The van der Waals surface area contributed by atoms with Gasteiger partial charge in [-0.1, -0.05) is 0 Å². The molecule has 0 aromatic carbocycles. The van der Waals surface area contributed by atoms with Crippen molar-refractivity contribution in [1.29, 1.82) is 0 Å². The second-order valence-electron chi connectivity index (χ2n) is 7.52. The summed E-state index contributed by atoms with van der Waals surface area (Å²) in [6.45, 7) is 4.86. The standard InChI is InChI=1S/C19H26N8/c1-13-7-18-23-16(8-17(20)27(18)24-13)15-5-4-6-26(12-15)11-14-9-21-19(22-10-14)25(2)3/h7-10,15H,4-6,11-12,20H2,1-3H3. The first kappa shape index (κ1) is 17.7. The molecule has 0 bridgehead atoms. The summed E-state index contributed by atoms with van der Waals surface area (Å²) in [6, 6.07) is 3.95. The maximum atomic E-state index is 6.20. The van der Waals surface area contributed by atoms with Gasteiger partial charge in [-0.3, -0.25) is 4.90 Å². The normalized spacial score (nSPS) is 18.1. The van der Waals surface area contributed by atoms with E-state index in [0.717, 1.165) is 61.0 Å². The number of hydrogen-bond donors (Lipinski definition) is 1. The van der Waals surface area contributed by atoms with Gasteiger partial charge in [0.2, 0.25) is 5.95 Å². The van der Waals surface area contributed by atoms with Gasteiger partial charge in [0, 0.05) is 63.2 Å². The van der Waals surface area contributed by atoms with Crippen LogP contribution in [0, 0.1) is 6.92 Å². The van der Waals surface area contributed by atoms with Crippen LogP contribution in [-0.2, 0) is 6.54 Å². The van der Waals surface area contributed by atoms with E-state index in [1.165, 1.54) is 0 Å². The predicted molar refractivity (Wildman–Crippen MR) is 106 cm³/mol. The van der Waals surface area contributed by atoms with Crippen LogP contribution in [-0.4, -0.2) is 56.7 Å². The Morgan fingerprint density at radius 2 is 2.00 bits per heavy atom. The Balaban J connectivity index is 1.49. The smallest absolute Gasteiger partial charge is 0.224 e. The van der Waals surface area contributed by atoms with Crippen LogP contribution in [0.2, 0.25) is 0 Å². The molecule has 2 N–H and O–H groups in total. The molecule has 0 aliphatic carbocycles. The number of hydrogen-bond acceptors (Lipinski definition) is 7. The molecule has 27 heavy (non-hydrogen) atoms. The molecule has 4 rings (SSSR count). The van der Waals surface area contributed by atoms with Crippen LogP contribution in [0.5, 0.6) is 0 Å². The average molecular weight is 366 g/mol. The number of nitrogens with zero attached hydrogens (tertiary/aromatic N) is 7. The molecule has 0 radical (unpaired) electrons. The summed E-state index contributed by atoms with van der Waals surface area (Å²) >= 11 is 0. The lowest BCUT2D eigenvalue weighted by Gasteiger charge is -2.32. The highest BCUT2D eigenvalue weighted by molar-refractivity contribution is 5.48. The van der Waals surface area contributed by atoms with Crippen molar-refractivity contribution in [1.82, 2.24) is 29.5 Å². The topological polar surface area (TPSA) is 88.5 Å². The lowest BCUT2D eigenvalue weighted by Crippen LogP contribution is -2.34. The van der Waals surface area contributed by atoms with E-state index in [2.05, 4.69) is 20.0 Å². The van der Waals surface area contributed by atoms with Crippen LogP contribution in [0.4, 0.5) is 11.8 Å². The summed E-state index contributed by atoms with van der Waals surface area (Å²) in [6.07, 6.45) is 6.11. The van der Waals surface area contributed by atoms with Gasteiger partial charge in [-0.2, -0.15) is 9.61 Å². The van der Waals surface area contributed by atoms with E-state index in [-0.39, 0.29) is 0 Å². The highest BCUT2D eigenvalue weighted by Crippen LogP contribution is 2.28. The highest BCUT2D eigenvalue weighted by Gasteiger charge is 2.23. The first-order valence-corrected chi connectivity index (χ1v) is 9.33. The lowest BCUT2D eigenvalue weighted by atomic mass is 9.94. The van der Waals surface area contributed by atoms with Crippen molar-refractivity contribution in [2.24, 2.45) is 0 Å². The number of aryl methyl sites for hydroxylation is 1. The third-order valence-corrected chi connectivity index (χ3v) is 5.02. The maximum Gasteiger partial charge on any atom is 0.224 e. The number of nitrogens with two attached hydrogens (primary N) is 1. The Kier molecular flexibility index (Phi) is 4.65. The summed E-state index contributed by atoms with van der Waals surface area (Å²) in [5.41, 5.74) is 10.1. The molecular weight excluding hydrogens is 340 g/mol. The van der Waals surface area contributed by atoms with E-state index < -0.39 is 0 Å². The van der Waals surface area contributed by atoms with Gasteiger partial charge in [0.1, 0.15) is 5.82 Å². The number of aromatic nitrogens is 5. The van der Waals surface area contributed by atoms with Gasteiger partial charge in [0.15, 0.2) is 5.65 Å². The second kappa shape index (κ2) is 7.11. The van der Waals surface area contributed by atoms with Gasteiger partial charge in [0.25, 0.3) is 0 Å². The van der Waals surface area contributed by atoms with E-state index in [1.807, 2.05) is 50.4 Å². The monoisotopic (exact) mass is 366 g/mol. The number of piperidine rings is 1. The van der Waals surface area contributed by atoms with E-state index >= 15 is 0 Å². The van der Waals surface area contributed by atoms with Gasteiger partial charge in [-0.25, -0.2) is 15.0 Å². The Morgan fingerprint density at radius 1 is 1.22 bits per heavy atom. The minimum Gasteiger partial charge on any atom is -0.384 e. The van der Waals surface area contributed by atoms with Crippen molar-refractivity contribution < 1.29 is 0 Å². The fourth-order valence-corrected chi connectivity index (χ4v) is 3.70. The largest absolute Gasteiger partial charge is 0.384 e. The molecule has 3 aromatic rings. The van der Waals surface area contributed by atoms with Gasteiger partial charge < -0.3 is 10.6 Å². The molecule has 4 heterocycles. The van der Waals surface area contributed by atoms with E-state index in [9.17, 15) is 0 Å². The van der Waals surface area contributed by atoms with Crippen molar-refractivity contribution in [2.45, 2.75) is 32.2 Å². The SMILES string of the molecule is Cc1cc2nc(C3CCCN(Cc4cnc(N(C)C)nc4)C3)cc(N)n2n1. The van der Waals surface area contributed by atoms with Crippen LogP contribution >= 0.6 is 0 Å². The molecule has 8 heteroatoms. The van der Waals surface area contributed by atoms with E-state index in [0.29, 0.717) is 11.7 Å². The Labute approximate surface area is 159 Å². The molecule has 8 nitrogen and oxygen atoms in total. The minimum atomic E-state index is 0.378. The van der Waals surface area contributed by atoms with Crippen molar-refractivity contribution in [2.75, 3.05) is 37.8 Å². The van der Waals surface area contributed by atoms with Crippen LogP contribution < -0.4 is 10.6 Å². The molecule has 1 atom stereocenters. The third kappa shape index (κ3) is 3.71. The van der Waals surface area contributed by atoms with Crippen molar-refractivity contribution in [3.05, 3.63) is 41.5 Å². The molecule has 1 unspecified atom stereocenters.